The fourth-order valence-electron chi connectivity index (χ4n) is 1.97. The van der Waals surface area contributed by atoms with E-state index in [0.29, 0.717) is 5.88 Å². The third-order valence-corrected chi connectivity index (χ3v) is 3.72. The predicted molar refractivity (Wildman–Crippen MR) is 92.8 cm³/mol. The molecule has 0 bridgehead atoms. The maximum Gasteiger partial charge on any atom is 0.262 e. The van der Waals surface area contributed by atoms with Crippen molar-refractivity contribution in [3.05, 3.63) is 58.3 Å². The first-order valence-corrected chi connectivity index (χ1v) is 7.69. The van der Waals surface area contributed by atoms with Crippen molar-refractivity contribution >= 4 is 45.0 Å². The molecule has 0 aliphatic heterocycles. The summed E-state index contributed by atoms with van der Waals surface area (Å²) in [6.07, 6.45) is 1.66. The molecule has 1 aromatic heterocycles. The van der Waals surface area contributed by atoms with Gasteiger partial charge in [0, 0.05) is 20.0 Å². The summed E-state index contributed by atoms with van der Waals surface area (Å²) in [5.74, 6) is 0.117. The molecule has 3 rings (SSSR count). The van der Waals surface area contributed by atoms with Gasteiger partial charge in [-0.25, -0.2) is 0 Å². The molecule has 1 amide bonds. The third-order valence-electron chi connectivity index (χ3n) is 3.00. The topological polar surface area (TPSA) is 64.1 Å². The highest BCUT2D eigenvalue weighted by Crippen LogP contribution is 2.21. The normalized spacial score (nSPS) is 10.4. The van der Waals surface area contributed by atoms with E-state index >= 15 is 0 Å². The Labute approximate surface area is 140 Å². The number of carbonyl (C=O) groups is 1. The molecule has 0 aliphatic carbocycles. The highest BCUT2D eigenvalue weighted by atomic mass is 127. The van der Waals surface area contributed by atoms with Crippen molar-refractivity contribution in [1.82, 2.24) is 10.2 Å². The molecule has 2 aromatic carbocycles. The first-order chi connectivity index (χ1) is 10.7. The van der Waals surface area contributed by atoms with Gasteiger partial charge in [0.25, 0.3) is 5.91 Å². The van der Waals surface area contributed by atoms with Gasteiger partial charge in [-0.1, -0.05) is 18.2 Å². The van der Waals surface area contributed by atoms with E-state index in [1.807, 2.05) is 48.5 Å². The zero-order valence-corrected chi connectivity index (χ0v) is 13.6. The number of hydrogen-bond acceptors (Lipinski definition) is 4. The molecule has 0 spiro atoms. The smallest absolute Gasteiger partial charge is 0.262 e. The van der Waals surface area contributed by atoms with Crippen molar-refractivity contribution in [2.24, 2.45) is 0 Å². The van der Waals surface area contributed by atoms with E-state index in [-0.39, 0.29) is 12.5 Å². The van der Waals surface area contributed by atoms with Crippen molar-refractivity contribution in [3.63, 3.8) is 0 Å². The Balaban J connectivity index is 1.66. The molecule has 1 N–H and O–H groups in total. The number of hydrogen-bond donors (Lipinski definition) is 1. The average Bonchev–Trinajstić information content (AvgIpc) is 2.55. The molecule has 110 valence electrons. The summed E-state index contributed by atoms with van der Waals surface area (Å²) >= 11 is 2.21. The second-order valence-electron chi connectivity index (χ2n) is 4.58. The van der Waals surface area contributed by atoms with Gasteiger partial charge in [-0.3, -0.25) is 4.79 Å². The highest BCUT2D eigenvalue weighted by molar-refractivity contribution is 14.1. The van der Waals surface area contributed by atoms with Crippen LogP contribution in [0.3, 0.4) is 0 Å². The molecule has 0 saturated heterocycles. The van der Waals surface area contributed by atoms with Crippen LogP contribution in [-0.4, -0.2) is 22.7 Å². The van der Waals surface area contributed by atoms with E-state index in [0.717, 1.165) is 20.0 Å². The number of benzene rings is 2. The van der Waals surface area contributed by atoms with E-state index in [4.69, 9.17) is 4.74 Å². The lowest BCUT2D eigenvalue weighted by Gasteiger charge is -2.08. The van der Waals surface area contributed by atoms with Crippen molar-refractivity contribution in [2.45, 2.75) is 0 Å². The van der Waals surface area contributed by atoms with E-state index in [2.05, 4.69) is 38.1 Å². The lowest BCUT2D eigenvalue weighted by Crippen LogP contribution is -2.20. The van der Waals surface area contributed by atoms with Gasteiger partial charge in [0.1, 0.15) is 0 Å². The Bertz CT molecular complexity index is 801. The van der Waals surface area contributed by atoms with E-state index in [1.165, 1.54) is 0 Å². The van der Waals surface area contributed by atoms with Crippen molar-refractivity contribution < 1.29 is 9.53 Å². The number of rotatable bonds is 4. The Kier molecular flexibility index (Phi) is 4.47. The lowest BCUT2D eigenvalue weighted by molar-refractivity contribution is -0.118. The van der Waals surface area contributed by atoms with Gasteiger partial charge in [0.15, 0.2) is 6.61 Å². The molecule has 0 atom stereocenters. The molecule has 0 radical (unpaired) electrons. The summed E-state index contributed by atoms with van der Waals surface area (Å²) in [4.78, 5) is 11.9. The van der Waals surface area contributed by atoms with Crippen LogP contribution in [0, 0.1) is 3.57 Å². The van der Waals surface area contributed by atoms with Crippen molar-refractivity contribution in [2.75, 3.05) is 11.9 Å². The Morgan fingerprint density at radius 1 is 1.14 bits per heavy atom. The van der Waals surface area contributed by atoms with Gasteiger partial charge < -0.3 is 10.1 Å². The van der Waals surface area contributed by atoms with Crippen LogP contribution in [0.4, 0.5) is 5.69 Å². The highest BCUT2D eigenvalue weighted by Gasteiger charge is 2.08. The summed E-state index contributed by atoms with van der Waals surface area (Å²) in [5, 5.41) is 12.3. The van der Waals surface area contributed by atoms with Gasteiger partial charge in [0.05, 0.1) is 6.20 Å². The first kappa shape index (κ1) is 14.7. The second kappa shape index (κ2) is 6.69. The third kappa shape index (κ3) is 3.51. The fraction of sp³-hybridized carbons (Fsp3) is 0.0625. The number of nitrogens with zero attached hydrogens (tertiary/aromatic N) is 2. The van der Waals surface area contributed by atoms with Gasteiger partial charge in [0.2, 0.25) is 5.88 Å². The Hall–Kier alpha value is -2.22. The maximum absolute atomic E-state index is 11.9. The van der Waals surface area contributed by atoms with Gasteiger partial charge >= 0.3 is 0 Å². The summed E-state index contributed by atoms with van der Waals surface area (Å²) in [6.45, 7) is -0.116. The zero-order valence-electron chi connectivity index (χ0n) is 11.5. The second-order valence-corrected chi connectivity index (χ2v) is 5.83. The van der Waals surface area contributed by atoms with Gasteiger partial charge in [-0.05, 0) is 52.9 Å². The molecular formula is C16H12IN3O2. The van der Waals surface area contributed by atoms with Crippen LogP contribution < -0.4 is 10.1 Å². The molecule has 0 unspecified atom stereocenters. The van der Waals surface area contributed by atoms with Crippen molar-refractivity contribution in [3.8, 4) is 5.88 Å². The molecule has 0 fully saturated rings. The summed E-state index contributed by atoms with van der Waals surface area (Å²) < 4.78 is 6.60. The molecule has 3 aromatic rings. The Morgan fingerprint density at radius 3 is 2.73 bits per heavy atom. The average molecular weight is 405 g/mol. The molecule has 0 aliphatic rings. The number of anilines is 1. The van der Waals surface area contributed by atoms with Gasteiger partial charge in [-0.15, -0.1) is 5.10 Å². The minimum absolute atomic E-state index is 0.116. The number of amides is 1. The quantitative estimate of drug-likeness (QED) is 0.677. The first-order valence-electron chi connectivity index (χ1n) is 6.61. The predicted octanol–water partition coefficient (Wildman–Crippen LogP) is 3.25. The maximum atomic E-state index is 11.9. The van der Waals surface area contributed by atoms with Crippen LogP contribution >= 0.6 is 22.6 Å². The van der Waals surface area contributed by atoms with E-state index in [1.54, 1.807) is 6.20 Å². The molecule has 0 saturated carbocycles. The summed E-state index contributed by atoms with van der Waals surface area (Å²) in [5.41, 5.74) is 0.734. The number of carbonyl (C=O) groups excluding carboxylic acids is 1. The minimum atomic E-state index is -0.240. The largest absolute Gasteiger partial charge is 0.466 e. The van der Waals surface area contributed by atoms with Crippen LogP contribution in [0.2, 0.25) is 0 Å². The van der Waals surface area contributed by atoms with E-state index < -0.39 is 0 Å². The number of fused-ring (bicyclic) bond motifs is 1. The standard InChI is InChI=1S/C16H12IN3O2/c17-12-5-7-13(8-6-12)19-15(21)10-22-16-14-4-2-1-3-11(14)9-18-20-16/h1-9H,10H2,(H,19,21). The summed E-state index contributed by atoms with van der Waals surface area (Å²) in [7, 11) is 0. The van der Waals surface area contributed by atoms with Crippen LogP contribution in [0.1, 0.15) is 0 Å². The molecule has 22 heavy (non-hydrogen) atoms. The minimum Gasteiger partial charge on any atom is -0.466 e. The van der Waals surface area contributed by atoms with Crippen LogP contribution in [-0.2, 0) is 4.79 Å². The van der Waals surface area contributed by atoms with Crippen LogP contribution in [0.25, 0.3) is 10.8 Å². The molecule has 1 heterocycles. The molecule has 6 heteroatoms. The lowest BCUT2D eigenvalue weighted by atomic mass is 10.2. The molecule has 5 nitrogen and oxygen atoms in total. The number of ether oxygens (including phenoxy) is 1. The monoisotopic (exact) mass is 405 g/mol. The Morgan fingerprint density at radius 2 is 1.91 bits per heavy atom. The van der Waals surface area contributed by atoms with E-state index in [9.17, 15) is 4.79 Å². The SMILES string of the molecule is O=C(COc1nncc2ccccc12)Nc1ccc(I)cc1. The van der Waals surface area contributed by atoms with Crippen LogP contribution in [0.5, 0.6) is 5.88 Å². The van der Waals surface area contributed by atoms with Crippen LogP contribution in [0.15, 0.2) is 54.7 Å². The van der Waals surface area contributed by atoms with Crippen molar-refractivity contribution in [1.29, 1.82) is 0 Å². The number of nitrogens with one attached hydrogen (secondary N) is 1. The fourth-order valence-corrected chi connectivity index (χ4v) is 2.33. The van der Waals surface area contributed by atoms with Gasteiger partial charge in [-0.2, -0.15) is 5.10 Å². The summed E-state index contributed by atoms with van der Waals surface area (Å²) in [6, 6.07) is 15.1. The zero-order chi connectivity index (χ0) is 15.4. The number of aromatic nitrogens is 2. The molecular weight excluding hydrogens is 393 g/mol. The number of halogens is 1.